The number of aliphatic hydroxyl groups excluding tert-OH is 1. The van der Waals surface area contributed by atoms with Crippen molar-refractivity contribution >= 4 is 32.6 Å². The molecule has 166 valence electrons. The topological polar surface area (TPSA) is 37.0 Å². The molecule has 0 aliphatic rings. The van der Waals surface area contributed by atoms with E-state index in [-0.39, 0.29) is 17.7 Å². The summed E-state index contributed by atoms with van der Waals surface area (Å²) in [4.78, 5) is 5.05. The zero-order valence-electron chi connectivity index (χ0n) is 18.5. The van der Waals surface area contributed by atoms with Gasteiger partial charge in [-0.15, -0.1) is 0 Å². The zero-order chi connectivity index (χ0) is 23.3. The third-order valence-electron chi connectivity index (χ3n) is 5.98. The van der Waals surface area contributed by atoms with Gasteiger partial charge in [0, 0.05) is 27.6 Å². The van der Waals surface area contributed by atoms with Crippen LogP contribution in [-0.4, -0.2) is 10.1 Å². The Morgan fingerprint density at radius 2 is 1.44 bits per heavy atom. The van der Waals surface area contributed by atoms with Gasteiger partial charge in [0.2, 0.25) is 6.04 Å². The summed E-state index contributed by atoms with van der Waals surface area (Å²) in [6.45, 7) is 0. The van der Waals surface area contributed by atoms with E-state index in [1.165, 1.54) is 0 Å². The summed E-state index contributed by atoms with van der Waals surface area (Å²) in [5.41, 5.74) is 3.75. The summed E-state index contributed by atoms with van der Waals surface area (Å²) >= 11 is 3.55. The van der Waals surface area contributed by atoms with Gasteiger partial charge < -0.3 is 5.11 Å². The third-order valence-corrected chi connectivity index (χ3v) is 6.51. The molecule has 2 atom stereocenters. The fourth-order valence-electron chi connectivity index (χ4n) is 4.30. The Labute approximate surface area is 207 Å². The summed E-state index contributed by atoms with van der Waals surface area (Å²) in [5, 5.41) is 12.2. The lowest BCUT2D eigenvalue weighted by Crippen LogP contribution is -2.43. The van der Waals surface area contributed by atoms with Crippen LogP contribution in [0, 0.1) is 0 Å². The van der Waals surface area contributed by atoms with Crippen LogP contribution in [0.3, 0.4) is 0 Å². The van der Waals surface area contributed by atoms with Crippen molar-refractivity contribution in [2.75, 3.05) is 0 Å². The minimum atomic E-state index is -0.172. The van der Waals surface area contributed by atoms with E-state index in [4.69, 9.17) is 4.98 Å². The standard InChI is InChI=1S/C30H23BrN2O/c31-25-16-13-22(14-17-25)26(21-29(34)24-10-3-1-4-11-24)30(33-19-7-2-8-20-33)28-18-15-23-9-5-6-12-27(23)32-28/h1-21,26,30H/p+1/b29-21-. The summed E-state index contributed by atoms with van der Waals surface area (Å²) in [6.07, 6.45) is 6.06. The second-order valence-corrected chi connectivity index (χ2v) is 9.11. The van der Waals surface area contributed by atoms with Gasteiger partial charge in [-0.25, -0.2) is 4.98 Å². The first-order valence-corrected chi connectivity index (χ1v) is 12.0. The maximum atomic E-state index is 11.1. The van der Waals surface area contributed by atoms with Gasteiger partial charge in [-0.1, -0.05) is 88.7 Å². The van der Waals surface area contributed by atoms with E-state index in [2.05, 4.69) is 63.2 Å². The normalized spacial score (nSPS) is 13.5. The number of fused-ring (bicyclic) bond motifs is 1. The Morgan fingerprint density at radius 1 is 0.765 bits per heavy atom. The van der Waals surface area contributed by atoms with Crippen molar-refractivity contribution in [3.8, 4) is 0 Å². The Morgan fingerprint density at radius 3 is 2.21 bits per heavy atom. The monoisotopic (exact) mass is 507 g/mol. The Kier molecular flexibility index (Phi) is 6.50. The van der Waals surface area contributed by atoms with Crippen LogP contribution < -0.4 is 4.57 Å². The molecule has 4 heteroatoms. The lowest BCUT2D eigenvalue weighted by Gasteiger charge is -2.22. The van der Waals surface area contributed by atoms with Crippen LogP contribution in [0.1, 0.15) is 28.8 Å². The SMILES string of the molecule is O/C(=C\C(c1ccc(Br)cc1)C(c1ccc2ccccc2n1)[n+]1ccccc1)c1ccccc1. The number of nitrogens with zero attached hydrogens (tertiary/aromatic N) is 2. The van der Waals surface area contributed by atoms with E-state index in [9.17, 15) is 5.11 Å². The molecule has 0 saturated heterocycles. The molecule has 2 heterocycles. The first-order valence-electron chi connectivity index (χ1n) is 11.2. The van der Waals surface area contributed by atoms with Gasteiger partial charge in [-0.05, 0) is 35.9 Å². The molecular weight excluding hydrogens is 484 g/mol. The number of pyridine rings is 2. The average molecular weight is 508 g/mol. The number of hydrogen-bond acceptors (Lipinski definition) is 2. The quantitative estimate of drug-likeness (QED) is 0.194. The van der Waals surface area contributed by atoms with E-state index in [1.807, 2.05) is 84.9 Å². The average Bonchev–Trinajstić information content (AvgIpc) is 2.90. The maximum absolute atomic E-state index is 11.1. The Balaban J connectivity index is 1.71. The summed E-state index contributed by atoms with van der Waals surface area (Å²) in [6, 6.07) is 36.2. The van der Waals surface area contributed by atoms with Crippen LogP contribution in [0.4, 0.5) is 0 Å². The highest BCUT2D eigenvalue weighted by atomic mass is 79.9. The number of aromatic nitrogens is 2. The number of hydrogen-bond donors (Lipinski definition) is 1. The lowest BCUT2D eigenvalue weighted by molar-refractivity contribution is -0.716. The fourth-order valence-corrected chi connectivity index (χ4v) is 4.56. The maximum Gasteiger partial charge on any atom is 0.210 e. The predicted octanol–water partition coefficient (Wildman–Crippen LogP) is 7.26. The highest BCUT2D eigenvalue weighted by Gasteiger charge is 2.33. The molecule has 1 N–H and O–H groups in total. The molecule has 0 saturated carbocycles. The van der Waals surface area contributed by atoms with Gasteiger partial charge in [-0.3, -0.25) is 0 Å². The fraction of sp³-hybridized carbons (Fsp3) is 0.0667. The second kappa shape index (κ2) is 10.0. The van der Waals surface area contributed by atoms with Crippen molar-refractivity contribution < 1.29 is 9.67 Å². The number of para-hydroxylation sites is 1. The number of halogens is 1. The van der Waals surface area contributed by atoms with Gasteiger partial charge in [0.25, 0.3) is 0 Å². The Hall–Kier alpha value is -3.76. The van der Waals surface area contributed by atoms with E-state index in [0.29, 0.717) is 0 Å². The lowest BCUT2D eigenvalue weighted by atomic mass is 9.87. The van der Waals surface area contributed by atoms with E-state index < -0.39 is 0 Å². The molecule has 0 bridgehead atoms. The molecule has 0 aliphatic carbocycles. The molecule has 34 heavy (non-hydrogen) atoms. The second-order valence-electron chi connectivity index (χ2n) is 8.19. The van der Waals surface area contributed by atoms with Crippen LogP contribution in [0.15, 0.2) is 132 Å². The van der Waals surface area contributed by atoms with E-state index in [0.717, 1.165) is 32.2 Å². The van der Waals surface area contributed by atoms with Crippen molar-refractivity contribution in [2.24, 2.45) is 0 Å². The van der Waals surface area contributed by atoms with Crippen LogP contribution in [0.5, 0.6) is 0 Å². The van der Waals surface area contributed by atoms with Gasteiger partial charge in [-0.2, -0.15) is 4.57 Å². The molecule has 0 aliphatic heterocycles. The van der Waals surface area contributed by atoms with Crippen molar-refractivity contribution in [2.45, 2.75) is 12.0 Å². The highest BCUT2D eigenvalue weighted by molar-refractivity contribution is 9.10. The predicted molar refractivity (Wildman–Crippen MR) is 140 cm³/mol. The molecule has 3 nitrogen and oxygen atoms in total. The van der Waals surface area contributed by atoms with Crippen molar-refractivity contribution in [1.29, 1.82) is 0 Å². The number of allylic oxidation sites excluding steroid dienone is 1. The number of rotatable bonds is 6. The summed E-state index contributed by atoms with van der Waals surface area (Å²) < 4.78 is 3.18. The van der Waals surface area contributed by atoms with Gasteiger partial charge in [0.05, 0.1) is 11.4 Å². The van der Waals surface area contributed by atoms with Crippen LogP contribution in [0.2, 0.25) is 0 Å². The largest absolute Gasteiger partial charge is 0.508 e. The molecule has 0 fully saturated rings. The Bertz CT molecular complexity index is 1420. The first-order chi connectivity index (χ1) is 16.7. The molecule has 0 amide bonds. The minimum absolute atomic E-state index is 0.169. The van der Waals surface area contributed by atoms with Crippen LogP contribution >= 0.6 is 15.9 Å². The van der Waals surface area contributed by atoms with Crippen molar-refractivity contribution in [3.05, 3.63) is 149 Å². The van der Waals surface area contributed by atoms with Gasteiger partial charge in [0.15, 0.2) is 12.4 Å². The van der Waals surface area contributed by atoms with Gasteiger partial charge >= 0.3 is 0 Å². The number of aliphatic hydroxyl groups is 1. The zero-order valence-corrected chi connectivity index (χ0v) is 20.1. The molecule has 2 unspecified atom stereocenters. The molecule has 0 radical (unpaired) electrons. The molecule has 5 aromatic rings. The first kappa shape index (κ1) is 22.1. The van der Waals surface area contributed by atoms with Crippen molar-refractivity contribution in [3.63, 3.8) is 0 Å². The van der Waals surface area contributed by atoms with Crippen LogP contribution in [-0.2, 0) is 0 Å². The minimum Gasteiger partial charge on any atom is -0.508 e. The third kappa shape index (κ3) is 4.78. The van der Waals surface area contributed by atoms with Crippen molar-refractivity contribution in [1.82, 2.24) is 4.98 Å². The molecule has 2 aromatic heterocycles. The molecule has 5 rings (SSSR count). The van der Waals surface area contributed by atoms with E-state index in [1.54, 1.807) is 0 Å². The van der Waals surface area contributed by atoms with Crippen LogP contribution in [0.25, 0.3) is 16.7 Å². The molecule has 3 aromatic carbocycles. The highest BCUT2D eigenvalue weighted by Crippen LogP contribution is 2.34. The summed E-state index contributed by atoms with van der Waals surface area (Å²) in [5.74, 6) is 0.0743. The summed E-state index contributed by atoms with van der Waals surface area (Å²) in [7, 11) is 0. The van der Waals surface area contributed by atoms with E-state index >= 15 is 0 Å². The molecule has 0 spiro atoms. The number of benzene rings is 3. The van der Waals surface area contributed by atoms with Gasteiger partial charge in [0.1, 0.15) is 11.5 Å². The smallest absolute Gasteiger partial charge is 0.210 e. The molecular formula is C30H24BrN2O+.